The van der Waals surface area contributed by atoms with Crippen molar-refractivity contribution in [2.75, 3.05) is 7.05 Å². The number of H-pyrrole nitrogens is 1. The Labute approximate surface area is 172 Å². The highest BCUT2D eigenvalue weighted by atomic mass is 15.0. The maximum absolute atomic E-state index is 4.18. The summed E-state index contributed by atoms with van der Waals surface area (Å²) in [4.78, 5) is 3.12. The van der Waals surface area contributed by atoms with Crippen LogP contribution in [-0.2, 0) is 13.0 Å². The van der Waals surface area contributed by atoms with Gasteiger partial charge in [0.05, 0.1) is 5.52 Å². The van der Waals surface area contributed by atoms with Crippen LogP contribution in [-0.4, -0.2) is 16.6 Å². The normalized spacial score (nSPS) is 13.6. The molecule has 148 valence electrons. The molecule has 5 rings (SSSR count). The van der Waals surface area contributed by atoms with E-state index in [1.54, 1.807) is 0 Å². The van der Waals surface area contributed by atoms with E-state index in [1.807, 2.05) is 31.5 Å². The number of hydrogen-bond acceptors (Lipinski definition) is 1. The zero-order chi connectivity index (χ0) is 20.2. The predicted molar refractivity (Wildman–Crippen MR) is 124 cm³/mol. The van der Waals surface area contributed by atoms with Crippen LogP contribution in [0.5, 0.6) is 0 Å². The lowest BCUT2D eigenvalue weighted by Crippen LogP contribution is -2.13. The lowest BCUT2D eigenvalue weighted by molar-refractivity contribution is 0.631. The van der Waals surface area contributed by atoms with E-state index in [1.165, 1.54) is 45.8 Å². The van der Waals surface area contributed by atoms with Crippen molar-refractivity contribution in [3.8, 4) is 0 Å². The van der Waals surface area contributed by atoms with Gasteiger partial charge in [0, 0.05) is 48.5 Å². The van der Waals surface area contributed by atoms with Crippen LogP contribution in [0.25, 0.3) is 21.8 Å². The van der Waals surface area contributed by atoms with Gasteiger partial charge in [-0.05, 0) is 47.9 Å². The number of aryl methyl sites for hydroxylation is 2. The number of aromatic amines is 1. The second-order valence-corrected chi connectivity index (χ2v) is 7.61. The molecule has 2 aromatic heterocycles. The molecular weight excluding hydrogens is 354 g/mol. The van der Waals surface area contributed by atoms with Crippen LogP contribution in [0, 0.1) is 0 Å². The van der Waals surface area contributed by atoms with Gasteiger partial charge >= 0.3 is 0 Å². The third-order valence-corrected chi connectivity index (χ3v) is 5.84. The molecule has 0 bridgehead atoms. The van der Waals surface area contributed by atoms with Crippen molar-refractivity contribution in [1.82, 2.24) is 14.9 Å². The molecule has 2 aromatic carbocycles. The Morgan fingerprint density at radius 1 is 1.21 bits per heavy atom. The fourth-order valence-electron chi connectivity index (χ4n) is 4.35. The van der Waals surface area contributed by atoms with Crippen molar-refractivity contribution in [3.05, 3.63) is 97.0 Å². The first-order valence-corrected chi connectivity index (χ1v) is 10.3. The van der Waals surface area contributed by atoms with Gasteiger partial charge < -0.3 is 14.9 Å². The minimum atomic E-state index is 0.301. The lowest BCUT2D eigenvalue weighted by Gasteiger charge is -2.17. The zero-order valence-electron chi connectivity index (χ0n) is 17.1. The topological polar surface area (TPSA) is 32.8 Å². The number of nitrogens with one attached hydrogen (secondary N) is 2. The lowest BCUT2D eigenvalue weighted by atomic mass is 9.91. The molecule has 3 nitrogen and oxygen atoms in total. The Balaban J connectivity index is 0.000000188. The average Bonchev–Trinajstić information content (AvgIpc) is 3.38. The Morgan fingerprint density at radius 3 is 2.86 bits per heavy atom. The van der Waals surface area contributed by atoms with Crippen LogP contribution in [0.1, 0.15) is 29.9 Å². The van der Waals surface area contributed by atoms with Crippen molar-refractivity contribution >= 4 is 21.8 Å². The van der Waals surface area contributed by atoms with E-state index in [-0.39, 0.29) is 0 Å². The van der Waals surface area contributed by atoms with Crippen molar-refractivity contribution < 1.29 is 0 Å². The summed E-state index contributed by atoms with van der Waals surface area (Å²) in [6, 6.07) is 17.0. The van der Waals surface area contributed by atoms with Crippen molar-refractivity contribution in [3.63, 3.8) is 0 Å². The first-order chi connectivity index (χ1) is 14.2. The molecule has 0 saturated heterocycles. The largest absolute Gasteiger partial charge is 0.391 e. The summed E-state index contributed by atoms with van der Waals surface area (Å²) in [6.07, 6.45) is 9.61. The summed E-state index contributed by atoms with van der Waals surface area (Å²) in [6.45, 7) is 9.21. The van der Waals surface area contributed by atoms with E-state index in [0.29, 0.717) is 5.92 Å². The molecule has 4 aromatic rings. The third-order valence-electron chi connectivity index (χ3n) is 5.84. The summed E-state index contributed by atoms with van der Waals surface area (Å²) in [7, 11) is 1.95. The number of fused-ring (bicyclic) bond motifs is 1. The van der Waals surface area contributed by atoms with Gasteiger partial charge in [0.1, 0.15) is 0 Å². The molecule has 0 aliphatic carbocycles. The molecule has 0 unspecified atom stereocenters. The van der Waals surface area contributed by atoms with E-state index < -0.39 is 0 Å². The van der Waals surface area contributed by atoms with Gasteiger partial charge in [-0.3, -0.25) is 0 Å². The molecule has 3 heterocycles. The Kier molecular flexibility index (Phi) is 5.57. The molecule has 0 spiro atoms. The van der Waals surface area contributed by atoms with E-state index in [9.17, 15) is 0 Å². The van der Waals surface area contributed by atoms with Gasteiger partial charge in [0.2, 0.25) is 0 Å². The smallest absolute Gasteiger partial charge is 0.0515 e. The van der Waals surface area contributed by atoms with Crippen LogP contribution in [0.3, 0.4) is 0 Å². The molecule has 3 heteroatoms. The van der Waals surface area contributed by atoms with Gasteiger partial charge in [0.15, 0.2) is 0 Å². The van der Waals surface area contributed by atoms with E-state index in [4.69, 9.17) is 0 Å². The monoisotopic (exact) mass is 383 g/mol. The first kappa shape index (κ1) is 19.1. The predicted octanol–water partition coefficient (Wildman–Crippen LogP) is 6.15. The Bertz CT molecular complexity index is 1120. The van der Waals surface area contributed by atoms with Crippen molar-refractivity contribution in [1.29, 1.82) is 0 Å². The molecule has 2 N–H and O–H groups in total. The average molecular weight is 384 g/mol. The van der Waals surface area contributed by atoms with E-state index >= 15 is 0 Å². The highest BCUT2D eigenvalue weighted by Gasteiger charge is 2.22. The second kappa shape index (κ2) is 8.44. The molecule has 1 aliphatic heterocycles. The Morgan fingerprint density at radius 2 is 2.07 bits per heavy atom. The minimum absolute atomic E-state index is 0.301. The van der Waals surface area contributed by atoms with Crippen LogP contribution >= 0.6 is 0 Å². The molecule has 1 atom stereocenters. The van der Waals surface area contributed by atoms with Gasteiger partial charge in [-0.25, -0.2) is 0 Å². The highest BCUT2D eigenvalue weighted by Crippen LogP contribution is 2.36. The van der Waals surface area contributed by atoms with Crippen LogP contribution in [0.2, 0.25) is 0 Å². The maximum Gasteiger partial charge on any atom is 0.0515 e. The number of benzene rings is 2. The van der Waals surface area contributed by atoms with Gasteiger partial charge in [-0.15, -0.1) is 6.58 Å². The number of likely N-dealkylation sites (N-methyl/N-ethyl adjacent to an activating group) is 1. The number of allylic oxidation sites excluding steroid dienone is 2. The number of hydrogen-bond donors (Lipinski definition) is 2. The standard InChI is InChI=1S/C18H22N2.C8H7N/c1-4-7-15(13(2)19-3)17-12-20-11-6-9-14-8-5-10-16(17)18(14)20;1-2-4-8-7(3-1)5-6-9-8/h4-5,8,10,12,15,19H,1-2,6-7,9,11H2,3H3;1-6,9H/t15-;/m1./s1. The van der Waals surface area contributed by atoms with Crippen molar-refractivity contribution in [2.45, 2.75) is 31.7 Å². The first-order valence-electron chi connectivity index (χ1n) is 10.3. The fourth-order valence-corrected chi connectivity index (χ4v) is 4.35. The summed E-state index contributed by atoms with van der Waals surface area (Å²) < 4.78 is 2.42. The molecular formula is C26H29N3. The molecule has 0 radical (unpaired) electrons. The van der Waals surface area contributed by atoms with Crippen LogP contribution < -0.4 is 5.32 Å². The SMILES string of the molecule is C=CC[C@H](C(=C)NC)c1cn2c3c(cccc13)CCC2.c1ccc2[nH]ccc2c1. The quantitative estimate of drug-likeness (QED) is 0.398. The zero-order valence-corrected chi connectivity index (χ0v) is 17.1. The second-order valence-electron chi connectivity index (χ2n) is 7.61. The summed E-state index contributed by atoms with van der Waals surface area (Å²) in [5.74, 6) is 0.301. The molecule has 1 aliphatic rings. The van der Waals surface area contributed by atoms with E-state index in [0.717, 1.165) is 18.7 Å². The summed E-state index contributed by atoms with van der Waals surface area (Å²) >= 11 is 0. The minimum Gasteiger partial charge on any atom is -0.391 e. The number of aromatic nitrogens is 2. The Hall–Kier alpha value is -3.20. The van der Waals surface area contributed by atoms with Crippen molar-refractivity contribution in [2.24, 2.45) is 0 Å². The maximum atomic E-state index is 4.18. The molecule has 0 amide bonds. The molecule has 0 fully saturated rings. The van der Waals surface area contributed by atoms with Crippen LogP contribution in [0.15, 0.2) is 85.9 Å². The van der Waals surface area contributed by atoms with Crippen LogP contribution in [0.4, 0.5) is 0 Å². The van der Waals surface area contributed by atoms with Gasteiger partial charge in [-0.2, -0.15) is 0 Å². The summed E-state index contributed by atoms with van der Waals surface area (Å²) in [5, 5.41) is 5.87. The third kappa shape index (κ3) is 3.73. The summed E-state index contributed by atoms with van der Waals surface area (Å²) in [5.41, 5.74) is 6.55. The molecule has 0 saturated carbocycles. The molecule has 29 heavy (non-hydrogen) atoms. The van der Waals surface area contributed by atoms with E-state index in [2.05, 4.69) is 70.6 Å². The number of para-hydroxylation sites is 2. The number of rotatable bonds is 5. The highest BCUT2D eigenvalue weighted by molar-refractivity contribution is 5.88. The fraction of sp³-hybridized carbons (Fsp3) is 0.231. The number of nitrogens with zero attached hydrogens (tertiary/aromatic N) is 1. The van der Waals surface area contributed by atoms with Gasteiger partial charge in [0.25, 0.3) is 0 Å². The van der Waals surface area contributed by atoms with Gasteiger partial charge in [-0.1, -0.05) is 49.1 Å².